The van der Waals surface area contributed by atoms with Crippen LogP contribution in [-0.4, -0.2) is 13.2 Å². The fraction of sp³-hybridized carbons (Fsp3) is 0.231. The minimum absolute atomic E-state index is 0.125. The minimum Gasteiger partial charge on any atom is -0.486 e. The van der Waals surface area contributed by atoms with Gasteiger partial charge in [-0.1, -0.05) is 0 Å². The van der Waals surface area contributed by atoms with Crippen molar-refractivity contribution in [2.75, 3.05) is 13.2 Å². The van der Waals surface area contributed by atoms with E-state index in [0.29, 0.717) is 12.3 Å². The zero-order valence-corrected chi connectivity index (χ0v) is 10.6. The van der Waals surface area contributed by atoms with Crippen molar-refractivity contribution in [2.24, 2.45) is 0 Å². The molecule has 0 saturated carbocycles. The van der Waals surface area contributed by atoms with E-state index in [9.17, 15) is 22.0 Å². The van der Waals surface area contributed by atoms with Gasteiger partial charge in [0.1, 0.15) is 12.4 Å². The van der Waals surface area contributed by atoms with E-state index in [-0.39, 0.29) is 13.2 Å². The lowest BCUT2D eigenvalue weighted by molar-refractivity contribution is 0.260. The maximum absolute atomic E-state index is 13.3. The highest BCUT2D eigenvalue weighted by molar-refractivity contribution is 5.29. The predicted octanol–water partition coefficient (Wildman–Crippen LogP) is 3.14. The molecular formula is C13H10F5NO2. The second-order valence-corrected chi connectivity index (χ2v) is 4.00. The molecule has 0 unspecified atom stereocenters. The Hall–Kier alpha value is -2.09. The topological polar surface area (TPSA) is 34.4 Å². The molecule has 0 fully saturated rings. The van der Waals surface area contributed by atoms with Crippen molar-refractivity contribution >= 4 is 0 Å². The molecule has 0 aliphatic rings. The summed E-state index contributed by atoms with van der Waals surface area (Å²) in [4.78, 5) is 0. The van der Waals surface area contributed by atoms with Gasteiger partial charge in [-0.2, -0.15) is 8.78 Å². The molecule has 3 nitrogen and oxygen atoms in total. The number of halogens is 5. The van der Waals surface area contributed by atoms with Crippen LogP contribution in [-0.2, 0) is 6.54 Å². The average Bonchev–Trinajstić information content (AvgIpc) is 2.99. The summed E-state index contributed by atoms with van der Waals surface area (Å²) in [6.45, 7) is 0.187. The lowest BCUT2D eigenvalue weighted by Gasteiger charge is -2.10. The summed E-state index contributed by atoms with van der Waals surface area (Å²) in [5.41, 5.74) is 0. The zero-order chi connectivity index (χ0) is 15.4. The third-order valence-corrected chi connectivity index (χ3v) is 2.57. The van der Waals surface area contributed by atoms with Gasteiger partial charge in [0.2, 0.25) is 29.1 Å². The summed E-state index contributed by atoms with van der Waals surface area (Å²) in [7, 11) is 0. The molecule has 0 aliphatic carbocycles. The number of benzene rings is 1. The first-order valence-corrected chi connectivity index (χ1v) is 5.89. The maximum Gasteiger partial charge on any atom is 0.206 e. The van der Waals surface area contributed by atoms with Crippen LogP contribution in [0, 0.1) is 29.1 Å². The Morgan fingerprint density at radius 2 is 1.57 bits per heavy atom. The molecular weight excluding hydrogens is 297 g/mol. The predicted molar refractivity (Wildman–Crippen MR) is 62.1 cm³/mol. The summed E-state index contributed by atoms with van der Waals surface area (Å²) in [5.74, 6) is -10.9. The van der Waals surface area contributed by atoms with E-state index in [2.05, 4.69) is 10.1 Å². The van der Waals surface area contributed by atoms with Gasteiger partial charge in [0.25, 0.3) is 0 Å². The first kappa shape index (κ1) is 15.3. The van der Waals surface area contributed by atoms with Gasteiger partial charge < -0.3 is 14.5 Å². The van der Waals surface area contributed by atoms with E-state index in [1.807, 2.05) is 0 Å². The summed E-state index contributed by atoms with van der Waals surface area (Å²) in [6, 6.07) is 3.39. The lowest BCUT2D eigenvalue weighted by Crippen LogP contribution is -2.21. The zero-order valence-electron chi connectivity index (χ0n) is 10.6. The fourth-order valence-corrected chi connectivity index (χ4v) is 1.56. The second-order valence-electron chi connectivity index (χ2n) is 4.00. The van der Waals surface area contributed by atoms with Crippen molar-refractivity contribution in [3.05, 3.63) is 53.2 Å². The Balaban J connectivity index is 1.91. The number of hydrogen-bond acceptors (Lipinski definition) is 3. The molecule has 0 amide bonds. The molecule has 1 aromatic heterocycles. The maximum atomic E-state index is 13.3. The van der Waals surface area contributed by atoms with Gasteiger partial charge in [0.05, 0.1) is 12.8 Å². The number of hydrogen-bond donors (Lipinski definition) is 1. The molecule has 8 heteroatoms. The van der Waals surface area contributed by atoms with Crippen LogP contribution in [0.1, 0.15) is 5.76 Å². The highest BCUT2D eigenvalue weighted by Crippen LogP contribution is 2.28. The van der Waals surface area contributed by atoms with Crippen molar-refractivity contribution in [3.63, 3.8) is 0 Å². The quantitative estimate of drug-likeness (QED) is 0.385. The van der Waals surface area contributed by atoms with Gasteiger partial charge in [-0.15, -0.1) is 0 Å². The SMILES string of the molecule is Fc1c(F)c(F)c(OCCNCc2ccco2)c(F)c1F. The Bertz CT molecular complexity index is 587. The van der Waals surface area contributed by atoms with Crippen molar-refractivity contribution in [3.8, 4) is 5.75 Å². The van der Waals surface area contributed by atoms with Crippen LogP contribution < -0.4 is 10.1 Å². The molecule has 0 radical (unpaired) electrons. The average molecular weight is 307 g/mol. The molecule has 0 atom stereocenters. The van der Waals surface area contributed by atoms with Crippen LogP contribution in [0.25, 0.3) is 0 Å². The molecule has 2 rings (SSSR count). The van der Waals surface area contributed by atoms with Crippen LogP contribution in [0.15, 0.2) is 22.8 Å². The van der Waals surface area contributed by atoms with Crippen LogP contribution in [0.5, 0.6) is 5.75 Å². The number of furan rings is 1. The van der Waals surface area contributed by atoms with E-state index < -0.39 is 34.8 Å². The van der Waals surface area contributed by atoms with Gasteiger partial charge in [0, 0.05) is 6.54 Å². The van der Waals surface area contributed by atoms with E-state index in [1.165, 1.54) is 6.26 Å². The smallest absolute Gasteiger partial charge is 0.206 e. The van der Waals surface area contributed by atoms with Crippen molar-refractivity contribution in [2.45, 2.75) is 6.54 Å². The molecule has 114 valence electrons. The van der Waals surface area contributed by atoms with Crippen molar-refractivity contribution in [1.29, 1.82) is 0 Å². The minimum atomic E-state index is -2.21. The largest absolute Gasteiger partial charge is 0.486 e. The molecule has 2 aromatic rings. The molecule has 0 saturated heterocycles. The molecule has 1 N–H and O–H groups in total. The van der Waals surface area contributed by atoms with Crippen molar-refractivity contribution < 1.29 is 31.1 Å². The van der Waals surface area contributed by atoms with Crippen LogP contribution in [0.2, 0.25) is 0 Å². The Morgan fingerprint density at radius 1 is 0.952 bits per heavy atom. The number of ether oxygens (including phenoxy) is 1. The number of rotatable bonds is 6. The van der Waals surface area contributed by atoms with Gasteiger partial charge in [-0.25, -0.2) is 13.2 Å². The lowest BCUT2D eigenvalue weighted by atomic mass is 10.2. The summed E-state index contributed by atoms with van der Waals surface area (Å²) in [5, 5.41) is 2.81. The first-order chi connectivity index (χ1) is 10.0. The van der Waals surface area contributed by atoms with Gasteiger partial charge >= 0.3 is 0 Å². The third kappa shape index (κ3) is 3.33. The normalized spacial score (nSPS) is 10.9. The van der Waals surface area contributed by atoms with Crippen molar-refractivity contribution in [1.82, 2.24) is 5.32 Å². The molecule has 0 aliphatic heterocycles. The Labute approximate surface area is 116 Å². The molecule has 0 bridgehead atoms. The van der Waals surface area contributed by atoms with Gasteiger partial charge in [0.15, 0.2) is 5.75 Å². The summed E-state index contributed by atoms with van der Waals surface area (Å²) >= 11 is 0. The van der Waals surface area contributed by atoms with Gasteiger partial charge in [-0.3, -0.25) is 0 Å². The van der Waals surface area contributed by atoms with Gasteiger partial charge in [-0.05, 0) is 12.1 Å². The van der Waals surface area contributed by atoms with Crippen LogP contribution in [0.3, 0.4) is 0 Å². The summed E-state index contributed by atoms with van der Waals surface area (Å²) < 4.78 is 74.7. The Kier molecular flexibility index (Phi) is 4.79. The monoisotopic (exact) mass is 307 g/mol. The van der Waals surface area contributed by atoms with E-state index in [1.54, 1.807) is 12.1 Å². The summed E-state index contributed by atoms with van der Waals surface area (Å²) in [6.07, 6.45) is 1.47. The standard InChI is InChI=1S/C13H10F5NO2/c14-8-9(15)11(17)13(12(18)10(8)16)21-5-3-19-6-7-2-1-4-20-7/h1-2,4,19H,3,5-6H2. The fourth-order valence-electron chi connectivity index (χ4n) is 1.56. The molecule has 0 spiro atoms. The van der Waals surface area contributed by atoms with E-state index in [4.69, 9.17) is 4.42 Å². The highest BCUT2D eigenvalue weighted by Gasteiger charge is 2.26. The highest BCUT2D eigenvalue weighted by atomic mass is 19.2. The van der Waals surface area contributed by atoms with E-state index >= 15 is 0 Å². The number of nitrogens with one attached hydrogen (secondary N) is 1. The first-order valence-electron chi connectivity index (χ1n) is 5.89. The molecule has 1 heterocycles. The molecule has 1 aromatic carbocycles. The second kappa shape index (κ2) is 6.57. The third-order valence-electron chi connectivity index (χ3n) is 2.57. The van der Waals surface area contributed by atoms with Crippen LogP contribution in [0.4, 0.5) is 22.0 Å². The molecule has 21 heavy (non-hydrogen) atoms. The van der Waals surface area contributed by atoms with E-state index in [0.717, 1.165) is 0 Å². The Morgan fingerprint density at radius 3 is 2.14 bits per heavy atom. The van der Waals surface area contributed by atoms with Crippen LogP contribution >= 0.6 is 0 Å².